The fourth-order valence-corrected chi connectivity index (χ4v) is 2.27. The zero-order valence-electron chi connectivity index (χ0n) is 10.4. The van der Waals surface area contributed by atoms with E-state index in [1.165, 1.54) is 0 Å². The molecule has 0 spiro atoms. The quantitative estimate of drug-likeness (QED) is 0.752. The molecule has 98 valence electrons. The normalized spacial score (nSPS) is 22.2. The number of nitrogens with zero attached hydrogens (tertiary/aromatic N) is 1. The van der Waals surface area contributed by atoms with Crippen molar-refractivity contribution in [3.8, 4) is 0 Å². The Kier molecular flexibility index (Phi) is 5.41. The van der Waals surface area contributed by atoms with Gasteiger partial charge >= 0.3 is 5.97 Å². The molecule has 2 unspecified atom stereocenters. The van der Waals surface area contributed by atoms with Crippen molar-refractivity contribution in [1.29, 1.82) is 0 Å². The van der Waals surface area contributed by atoms with Crippen molar-refractivity contribution in [2.45, 2.75) is 57.5 Å². The van der Waals surface area contributed by atoms with Crippen molar-refractivity contribution < 1.29 is 14.7 Å². The van der Waals surface area contributed by atoms with Gasteiger partial charge in [0.1, 0.15) is 0 Å². The van der Waals surface area contributed by atoms with Gasteiger partial charge in [0.25, 0.3) is 0 Å². The average Bonchev–Trinajstić information content (AvgIpc) is 2.34. The summed E-state index contributed by atoms with van der Waals surface area (Å²) in [4.78, 5) is 24.4. The van der Waals surface area contributed by atoms with Crippen molar-refractivity contribution in [1.82, 2.24) is 4.90 Å². The van der Waals surface area contributed by atoms with E-state index >= 15 is 0 Å². The molecule has 1 rings (SSSR count). The maximum atomic E-state index is 12.0. The Bertz CT molecular complexity index is 281. The lowest BCUT2D eigenvalue weighted by Gasteiger charge is -2.37. The second-order valence-electron chi connectivity index (χ2n) is 4.63. The molecule has 1 heterocycles. The van der Waals surface area contributed by atoms with E-state index in [0.29, 0.717) is 12.8 Å². The van der Waals surface area contributed by atoms with E-state index in [1.54, 1.807) is 4.90 Å². The van der Waals surface area contributed by atoms with Crippen LogP contribution < -0.4 is 5.73 Å². The summed E-state index contributed by atoms with van der Waals surface area (Å²) in [5, 5.41) is 8.70. The molecule has 0 saturated carbocycles. The Morgan fingerprint density at radius 3 is 2.76 bits per heavy atom. The van der Waals surface area contributed by atoms with Gasteiger partial charge in [-0.25, -0.2) is 0 Å². The summed E-state index contributed by atoms with van der Waals surface area (Å²) in [6.45, 7) is 2.61. The fourth-order valence-electron chi connectivity index (χ4n) is 2.27. The third-order valence-electron chi connectivity index (χ3n) is 3.36. The predicted molar refractivity (Wildman–Crippen MR) is 64.5 cm³/mol. The Hall–Kier alpha value is -1.10. The third-order valence-corrected chi connectivity index (χ3v) is 3.36. The van der Waals surface area contributed by atoms with Gasteiger partial charge in [0.05, 0.1) is 6.04 Å². The topological polar surface area (TPSA) is 83.6 Å². The molecular formula is C12H22N2O3. The van der Waals surface area contributed by atoms with Gasteiger partial charge in [-0.2, -0.15) is 0 Å². The van der Waals surface area contributed by atoms with E-state index in [4.69, 9.17) is 10.8 Å². The van der Waals surface area contributed by atoms with Gasteiger partial charge in [0.2, 0.25) is 5.91 Å². The van der Waals surface area contributed by atoms with Crippen LogP contribution in [0.4, 0.5) is 0 Å². The molecule has 1 aliphatic rings. The van der Waals surface area contributed by atoms with Crippen LogP contribution in [0, 0.1) is 0 Å². The van der Waals surface area contributed by atoms with Crippen LogP contribution in [0.25, 0.3) is 0 Å². The second-order valence-corrected chi connectivity index (χ2v) is 4.63. The van der Waals surface area contributed by atoms with Gasteiger partial charge in [-0.15, -0.1) is 0 Å². The molecule has 17 heavy (non-hydrogen) atoms. The van der Waals surface area contributed by atoms with E-state index in [1.807, 2.05) is 6.92 Å². The monoisotopic (exact) mass is 242 g/mol. The number of carboxylic acids is 1. The maximum Gasteiger partial charge on any atom is 0.303 e. The van der Waals surface area contributed by atoms with Gasteiger partial charge in [0, 0.05) is 19.0 Å². The van der Waals surface area contributed by atoms with Crippen LogP contribution in [0.5, 0.6) is 0 Å². The minimum absolute atomic E-state index is 0.0254. The molecule has 0 radical (unpaired) electrons. The molecule has 0 bridgehead atoms. The Morgan fingerprint density at radius 2 is 2.18 bits per heavy atom. The van der Waals surface area contributed by atoms with Crippen molar-refractivity contribution in [3.05, 3.63) is 0 Å². The van der Waals surface area contributed by atoms with Crippen LogP contribution in [-0.4, -0.2) is 40.5 Å². The maximum absolute atomic E-state index is 12.0. The summed E-state index contributed by atoms with van der Waals surface area (Å²) >= 11 is 0. The molecular weight excluding hydrogens is 220 g/mol. The first-order valence-corrected chi connectivity index (χ1v) is 6.34. The molecule has 5 heteroatoms. The molecule has 0 aromatic heterocycles. The summed E-state index contributed by atoms with van der Waals surface area (Å²) in [7, 11) is 0. The van der Waals surface area contributed by atoms with E-state index in [9.17, 15) is 9.59 Å². The van der Waals surface area contributed by atoms with Gasteiger partial charge < -0.3 is 15.7 Å². The van der Waals surface area contributed by atoms with E-state index in [-0.39, 0.29) is 18.4 Å². The lowest BCUT2D eigenvalue weighted by Crippen LogP contribution is -2.50. The molecule has 1 saturated heterocycles. The summed E-state index contributed by atoms with van der Waals surface area (Å²) < 4.78 is 0. The molecule has 0 aromatic rings. The SMILES string of the molecule is CCC(N)C(=O)N1CCCCC1CCC(=O)O. The number of rotatable bonds is 5. The molecule has 0 aromatic carbocycles. The van der Waals surface area contributed by atoms with Crippen LogP contribution >= 0.6 is 0 Å². The molecule has 2 atom stereocenters. The molecule has 1 aliphatic heterocycles. The zero-order chi connectivity index (χ0) is 12.8. The van der Waals surface area contributed by atoms with Crippen LogP contribution in [-0.2, 0) is 9.59 Å². The number of carboxylic acid groups (broad SMARTS) is 1. The third kappa shape index (κ3) is 4.00. The number of piperidine rings is 1. The largest absolute Gasteiger partial charge is 0.481 e. The zero-order valence-corrected chi connectivity index (χ0v) is 10.4. The standard InChI is InChI=1S/C12H22N2O3/c1-2-10(13)12(17)14-8-4-3-5-9(14)6-7-11(15)16/h9-10H,2-8,13H2,1H3,(H,15,16). The van der Waals surface area contributed by atoms with Crippen molar-refractivity contribution >= 4 is 11.9 Å². The van der Waals surface area contributed by atoms with Crippen LogP contribution in [0.3, 0.4) is 0 Å². The summed E-state index contributed by atoms with van der Waals surface area (Å²) in [5.74, 6) is -0.828. The Balaban J connectivity index is 2.58. The summed E-state index contributed by atoms with van der Waals surface area (Å²) in [6, 6.07) is -0.384. The van der Waals surface area contributed by atoms with Gasteiger partial charge in [-0.05, 0) is 32.1 Å². The van der Waals surface area contributed by atoms with Crippen LogP contribution in [0.1, 0.15) is 45.4 Å². The van der Waals surface area contributed by atoms with Crippen molar-refractivity contribution in [3.63, 3.8) is 0 Å². The highest BCUT2D eigenvalue weighted by Gasteiger charge is 2.29. The highest BCUT2D eigenvalue weighted by Crippen LogP contribution is 2.21. The minimum atomic E-state index is -0.803. The van der Waals surface area contributed by atoms with Gasteiger partial charge in [-0.1, -0.05) is 6.92 Å². The average molecular weight is 242 g/mol. The van der Waals surface area contributed by atoms with Crippen molar-refractivity contribution in [2.75, 3.05) is 6.54 Å². The number of aliphatic carboxylic acids is 1. The van der Waals surface area contributed by atoms with Crippen LogP contribution in [0.2, 0.25) is 0 Å². The van der Waals surface area contributed by atoms with E-state index in [0.717, 1.165) is 25.8 Å². The molecule has 1 fully saturated rings. The number of carbonyl (C=O) groups excluding carboxylic acids is 1. The summed E-state index contributed by atoms with van der Waals surface area (Å²) in [6.07, 6.45) is 4.24. The number of hydrogen-bond acceptors (Lipinski definition) is 3. The Morgan fingerprint density at radius 1 is 1.47 bits per heavy atom. The number of amides is 1. The number of hydrogen-bond donors (Lipinski definition) is 2. The lowest BCUT2D eigenvalue weighted by atomic mass is 9.97. The number of likely N-dealkylation sites (tertiary alicyclic amines) is 1. The highest BCUT2D eigenvalue weighted by molar-refractivity contribution is 5.82. The first-order chi connectivity index (χ1) is 8.06. The lowest BCUT2D eigenvalue weighted by molar-refractivity contribution is -0.140. The van der Waals surface area contributed by atoms with Crippen LogP contribution in [0.15, 0.2) is 0 Å². The molecule has 0 aliphatic carbocycles. The van der Waals surface area contributed by atoms with Crippen molar-refractivity contribution in [2.24, 2.45) is 5.73 Å². The molecule has 1 amide bonds. The first-order valence-electron chi connectivity index (χ1n) is 6.34. The highest BCUT2D eigenvalue weighted by atomic mass is 16.4. The number of nitrogens with two attached hydrogens (primary N) is 1. The predicted octanol–water partition coefficient (Wildman–Crippen LogP) is 0.970. The van der Waals surface area contributed by atoms with E-state index in [2.05, 4.69) is 0 Å². The molecule has 3 N–H and O–H groups in total. The minimum Gasteiger partial charge on any atom is -0.481 e. The molecule has 5 nitrogen and oxygen atoms in total. The summed E-state index contributed by atoms with van der Waals surface area (Å²) in [5.41, 5.74) is 5.76. The van der Waals surface area contributed by atoms with Gasteiger partial charge in [0.15, 0.2) is 0 Å². The second kappa shape index (κ2) is 6.59. The number of carbonyl (C=O) groups is 2. The van der Waals surface area contributed by atoms with Gasteiger partial charge in [-0.3, -0.25) is 9.59 Å². The first kappa shape index (κ1) is 14.0. The van der Waals surface area contributed by atoms with E-state index < -0.39 is 12.0 Å². The smallest absolute Gasteiger partial charge is 0.303 e. The Labute approximate surface area is 102 Å². The fraction of sp³-hybridized carbons (Fsp3) is 0.833.